The molecular formula is C25H21N3O3S. The third-order valence-corrected chi connectivity index (χ3v) is 6.90. The van der Waals surface area contributed by atoms with Gasteiger partial charge in [-0.1, -0.05) is 36.4 Å². The SMILES string of the molecule is O=C(C1c2ccccc2Oc2ccccc21)N1CCCC(c2nnc(-c3ccsc3)o2)C1. The van der Waals surface area contributed by atoms with Crippen molar-refractivity contribution in [2.45, 2.75) is 24.7 Å². The molecule has 1 atom stereocenters. The molecule has 6 rings (SSSR count). The van der Waals surface area contributed by atoms with Gasteiger partial charge in [-0.15, -0.1) is 10.2 Å². The number of fused-ring (bicyclic) bond motifs is 2. The summed E-state index contributed by atoms with van der Waals surface area (Å²) in [6, 6.07) is 17.6. The van der Waals surface area contributed by atoms with Crippen LogP contribution in [0.2, 0.25) is 0 Å². The van der Waals surface area contributed by atoms with Gasteiger partial charge in [0.2, 0.25) is 17.7 Å². The predicted octanol–water partition coefficient (Wildman–Crippen LogP) is 5.44. The van der Waals surface area contributed by atoms with Gasteiger partial charge in [0, 0.05) is 35.2 Å². The number of thiophene rings is 1. The number of hydrogen-bond donors (Lipinski definition) is 0. The largest absolute Gasteiger partial charge is 0.457 e. The standard InChI is InChI=1S/C25H21N3O3S/c29-25(22-18-7-1-3-9-20(18)30-21-10-4-2-8-19(21)22)28-12-5-6-16(14-28)23-26-27-24(31-23)17-11-13-32-15-17/h1-4,7-11,13,15-16,22H,5-6,12,14H2. The van der Waals surface area contributed by atoms with Gasteiger partial charge >= 0.3 is 0 Å². The molecule has 0 radical (unpaired) electrons. The summed E-state index contributed by atoms with van der Waals surface area (Å²) in [6.07, 6.45) is 1.83. The van der Waals surface area contributed by atoms with E-state index in [1.54, 1.807) is 11.3 Å². The molecule has 0 N–H and O–H groups in total. The van der Waals surface area contributed by atoms with Gasteiger partial charge in [-0.3, -0.25) is 4.79 Å². The van der Waals surface area contributed by atoms with Crippen molar-refractivity contribution in [3.05, 3.63) is 82.4 Å². The zero-order chi connectivity index (χ0) is 21.5. The molecule has 7 heteroatoms. The molecule has 6 nitrogen and oxygen atoms in total. The fourth-order valence-electron chi connectivity index (χ4n) is 4.64. The van der Waals surface area contributed by atoms with Crippen LogP contribution in [0, 0.1) is 0 Å². The Kier molecular flexibility index (Phi) is 4.76. The smallest absolute Gasteiger partial charge is 0.248 e. The van der Waals surface area contributed by atoms with E-state index < -0.39 is 0 Å². The number of nitrogens with zero attached hydrogens (tertiary/aromatic N) is 3. The van der Waals surface area contributed by atoms with Crippen molar-refractivity contribution in [1.29, 1.82) is 0 Å². The lowest BCUT2D eigenvalue weighted by molar-refractivity contribution is -0.133. The van der Waals surface area contributed by atoms with Crippen LogP contribution in [-0.2, 0) is 4.79 Å². The number of piperidine rings is 1. The van der Waals surface area contributed by atoms with Gasteiger partial charge in [0.1, 0.15) is 11.5 Å². The van der Waals surface area contributed by atoms with Crippen LogP contribution in [0.5, 0.6) is 11.5 Å². The first-order valence-corrected chi connectivity index (χ1v) is 11.7. The van der Waals surface area contributed by atoms with Gasteiger partial charge in [0.15, 0.2) is 0 Å². The second-order valence-corrected chi connectivity index (χ2v) is 8.97. The zero-order valence-electron chi connectivity index (χ0n) is 17.3. The number of carbonyl (C=O) groups excluding carboxylic acids is 1. The monoisotopic (exact) mass is 443 g/mol. The average molecular weight is 444 g/mol. The van der Waals surface area contributed by atoms with Gasteiger partial charge in [-0.05, 0) is 36.4 Å². The predicted molar refractivity (Wildman–Crippen MR) is 121 cm³/mol. The Morgan fingerprint density at radius 1 is 1.00 bits per heavy atom. The highest BCUT2D eigenvalue weighted by atomic mass is 32.1. The number of aromatic nitrogens is 2. The number of para-hydroxylation sites is 2. The molecule has 2 aromatic carbocycles. The van der Waals surface area contributed by atoms with Crippen LogP contribution in [-0.4, -0.2) is 34.1 Å². The van der Waals surface area contributed by atoms with E-state index in [1.165, 1.54) is 0 Å². The Balaban J connectivity index is 1.29. The van der Waals surface area contributed by atoms with Crippen molar-refractivity contribution in [3.63, 3.8) is 0 Å². The Morgan fingerprint density at radius 2 is 1.75 bits per heavy atom. The highest BCUT2D eigenvalue weighted by Crippen LogP contribution is 2.45. The van der Waals surface area contributed by atoms with Gasteiger partial charge in [-0.25, -0.2) is 0 Å². The molecule has 2 aromatic heterocycles. The summed E-state index contributed by atoms with van der Waals surface area (Å²) in [4.78, 5) is 15.8. The lowest BCUT2D eigenvalue weighted by Gasteiger charge is -2.36. The van der Waals surface area contributed by atoms with Crippen molar-refractivity contribution in [2.75, 3.05) is 13.1 Å². The van der Waals surface area contributed by atoms with Crippen LogP contribution in [0.25, 0.3) is 11.5 Å². The molecule has 0 spiro atoms. The summed E-state index contributed by atoms with van der Waals surface area (Å²) in [6.45, 7) is 1.30. The van der Waals surface area contributed by atoms with E-state index in [2.05, 4.69) is 10.2 Å². The molecule has 1 fully saturated rings. The molecule has 2 aliphatic heterocycles. The second kappa shape index (κ2) is 7.91. The number of hydrogen-bond acceptors (Lipinski definition) is 6. The van der Waals surface area contributed by atoms with Crippen molar-refractivity contribution >= 4 is 17.2 Å². The minimum Gasteiger partial charge on any atom is -0.457 e. The van der Waals surface area contributed by atoms with Gasteiger partial charge in [-0.2, -0.15) is 11.3 Å². The molecule has 1 amide bonds. The highest BCUT2D eigenvalue weighted by molar-refractivity contribution is 7.08. The van der Waals surface area contributed by atoms with Crippen LogP contribution in [0.15, 0.2) is 69.8 Å². The van der Waals surface area contributed by atoms with Crippen molar-refractivity contribution in [3.8, 4) is 23.0 Å². The minimum atomic E-state index is -0.376. The summed E-state index contributed by atoms with van der Waals surface area (Å²) in [7, 11) is 0. The molecule has 2 aliphatic rings. The summed E-state index contributed by atoms with van der Waals surface area (Å²) in [5.41, 5.74) is 2.76. The fraction of sp³-hybridized carbons (Fsp3) is 0.240. The summed E-state index contributed by atoms with van der Waals surface area (Å²) >= 11 is 1.60. The first-order chi connectivity index (χ1) is 15.8. The van der Waals surface area contributed by atoms with E-state index in [1.807, 2.05) is 70.3 Å². The Morgan fingerprint density at radius 3 is 2.47 bits per heavy atom. The third kappa shape index (κ3) is 3.29. The molecule has 0 saturated carbocycles. The number of benzene rings is 2. The quantitative estimate of drug-likeness (QED) is 0.422. The summed E-state index contributed by atoms with van der Waals surface area (Å²) in [5, 5.41) is 12.5. The maximum absolute atomic E-state index is 13.9. The van der Waals surface area contributed by atoms with E-state index in [9.17, 15) is 4.79 Å². The molecule has 0 aliphatic carbocycles. The van der Waals surface area contributed by atoms with Crippen LogP contribution in [0.1, 0.15) is 41.7 Å². The third-order valence-electron chi connectivity index (χ3n) is 6.22. The van der Waals surface area contributed by atoms with E-state index >= 15 is 0 Å². The summed E-state index contributed by atoms with van der Waals surface area (Å²) < 4.78 is 12.1. The van der Waals surface area contributed by atoms with Crippen molar-refractivity contribution in [1.82, 2.24) is 15.1 Å². The van der Waals surface area contributed by atoms with Gasteiger partial charge < -0.3 is 14.1 Å². The van der Waals surface area contributed by atoms with E-state index in [4.69, 9.17) is 9.15 Å². The van der Waals surface area contributed by atoms with E-state index in [-0.39, 0.29) is 17.7 Å². The lowest BCUT2D eigenvalue weighted by Crippen LogP contribution is -2.42. The summed E-state index contributed by atoms with van der Waals surface area (Å²) in [5.74, 6) is 2.40. The second-order valence-electron chi connectivity index (χ2n) is 8.19. The topological polar surface area (TPSA) is 68.5 Å². The first kappa shape index (κ1) is 19.3. The number of rotatable bonds is 3. The average Bonchev–Trinajstić information content (AvgIpc) is 3.54. The molecule has 1 saturated heterocycles. The fourth-order valence-corrected chi connectivity index (χ4v) is 5.27. The Hall–Kier alpha value is -3.45. The van der Waals surface area contributed by atoms with E-state index in [0.29, 0.717) is 18.3 Å². The maximum Gasteiger partial charge on any atom is 0.248 e. The number of amides is 1. The Labute approximate surface area is 189 Å². The highest BCUT2D eigenvalue weighted by Gasteiger charge is 2.37. The lowest BCUT2D eigenvalue weighted by atomic mass is 9.86. The van der Waals surface area contributed by atoms with E-state index in [0.717, 1.165) is 47.6 Å². The van der Waals surface area contributed by atoms with Gasteiger partial charge in [0.25, 0.3) is 0 Å². The van der Waals surface area contributed by atoms with Crippen LogP contribution < -0.4 is 4.74 Å². The molecule has 32 heavy (non-hydrogen) atoms. The van der Waals surface area contributed by atoms with Crippen molar-refractivity contribution in [2.24, 2.45) is 0 Å². The normalized spacial score (nSPS) is 18.0. The number of likely N-dealkylation sites (tertiary alicyclic amines) is 1. The zero-order valence-corrected chi connectivity index (χ0v) is 18.1. The molecular weight excluding hydrogens is 422 g/mol. The van der Waals surface area contributed by atoms with Crippen LogP contribution in [0.4, 0.5) is 0 Å². The number of carbonyl (C=O) groups is 1. The molecule has 4 heterocycles. The van der Waals surface area contributed by atoms with Crippen molar-refractivity contribution < 1.29 is 13.9 Å². The maximum atomic E-state index is 13.9. The first-order valence-electron chi connectivity index (χ1n) is 10.8. The minimum absolute atomic E-state index is 0.0397. The Bertz CT molecular complexity index is 1220. The van der Waals surface area contributed by atoms with Gasteiger partial charge in [0.05, 0.1) is 11.8 Å². The molecule has 160 valence electrons. The molecule has 4 aromatic rings. The molecule has 1 unspecified atom stereocenters. The number of ether oxygens (including phenoxy) is 1. The van der Waals surface area contributed by atoms with Crippen LogP contribution >= 0.6 is 11.3 Å². The van der Waals surface area contributed by atoms with Crippen LogP contribution in [0.3, 0.4) is 0 Å². The molecule has 0 bridgehead atoms.